The van der Waals surface area contributed by atoms with Gasteiger partial charge in [0.25, 0.3) is 0 Å². The number of para-hydroxylation sites is 3. The Morgan fingerprint density at radius 1 is 0.824 bits per heavy atom. The molecule has 2 aromatic carbocycles. The largest absolute Gasteiger partial charge is 0.455 e. The smallest absolute Gasteiger partial charge is 0.150 e. The van der Waals surface area contributed by atoms with Gasteiger partial charge in [-0.15, -0.1) is 11.3 Å². The fraction of sp³-hybridized carbons (Fsp3) is 0.393. The molecule has 6 heteroatoms. The van der Waals surface area contributed by atoms with Gasteiger partial charge < -0.3 is 14.4 Å². The maximum atomic E-state index is 11.4. The maximum absolute atomic E-state index is 11.4. The van der Waals surface area contributed by atoms with Crippen LogP contribution in [-0.2, 0) is 17.9 Å². The summed E-state index contributed by atoms with van der Waals surface area (Å²) in [5, 5.41) is 0. The van der Waals surface area contributed by atoms with Gasteiger partial charge in [0, 0.05) is 49.0 Å². The number of hydrogen-bond acceptors (Lipinski definition) is 6. The highest BCUT2D eigenvalue weighted by atomic mass is 32.1. The SMILES string of the molecule is O=CC1CCCCN1Cc1ccc(CN2CCN(c3ccccc3Oc3ccccc3)CC2)s1. The van der Waals surface area contributed by atoms with Gasteiger partial charge in [-0.2, -0.15) is 0 Å². The van der Waals surface area contributed by atoms with Crippen molar-refractivity contribution in [1.29, 1.82) is 0 Å². The van der Waals surface area contributed by atoms with E-state index < -0.39 is 0 Å². The number of carbonyl (C=O) groups excluding carboxylic acids is 1. The molecule has 2 fully saturated rings. The number of aldehydes is 1. The summed E-state index contributed by atoms with van der Waals surface area (Å²) >= 11 is 1.90. The molecule has 5 nitrogen and oxygen atoms in total. The molecule has 34 heavy (non-hydrogen) atoms. The van der Waals surface area contributed by atoms with Crippen LogP contribution < -0.4 is 9.64 Å². The van der Waals surface area contributed by atoms with Gasteiger partial charge in [-0.05, 0) is 55.8 Å². The van der Waals surface area contributed by atoms with Crippen molar-refractivity contribution in [3.05, 3.63) is 76.5 Å². The van der Waals surface area contributed by atoms with Crippen LogP contribution in [0.4, 0.5) is 5.69 Å². The van der Waals surface area contributed by atoms with Crippen LogP contribution in [0.25, 0.3) is 0 Å². The number of ether oxygens (including phenoxy) is 1. The summed E-state index contributed by atoms with van der Waals surface area (Å²) in [6.07, 6.45) is 4.51. The van der Waals surface area contributed by atoms with Crippen molar-refractivity contribution < 1.29 is 9.53 Å². The van der Waals surface area contributed by atoms with E-state index in [2.05, 4.69) is 45.0 Å². The van der Waals surface area contributed by atoms with Crippen LogP contribution in [0.15, 0.2) is 66.7 Å². The number of hydrogen-bond donors (Lipinski definition) is 0. The summed E-state index contributed by atoms with van der Waals surface area (Å²) in [5.74, 6) is 1.78. The zero-order valence-electron chi connectivity index (χ0n) is 19.6. The molecule has 1 atom stereocenters. The topological polar surface area (TPSA) is 36.0 Å². The molecule has 1 unspecified atom stereocenters. The number of anilines is 1. The minimum atomic E-state index is 0.0983. The Hall–Kier alpha value is -2.67. The minimum Gasteiger partial charge on any atom is -0.455 e. The molecule has 3 aromatic rings. The third-order valence-corrected chi connectivity index (χ3v) is 7.88. The zero-order chi connectivity index (χ0) is 23.2. The van der Waals surface area contributed by atoms with E-state index in [0.717, 1.165) is 75.7 Å². The number of carbonyl (C=O) groups is 1. The minimum absolute atomic E-state index is 0.0983. The number of benzene rings is 2. The molecule has 1 aromatic heterocycles. The quantitative estimate of drug-likeness (QED) is 0.407. The van der Waals surface area contributed by atoms with E-state index in [1.807, 2.05) is 47.7 Å². The lowest BCUT2D eigenvalue weighted by Crippen LogP contribution is -2.45. The summed E-state index contributed by atoms with van der Waals surface area (Å²) in [6.45, 7) is 6.98. The standard InChI is InChI=1S/C28H33N3O2S/c32-22-23-8-6-7-15-31(23)21-26-14-13-25(34-26)20-29-16-18-30(19-17-29)27-11-4-5-12-28(27)33-24-9-2-1-3-10-24/h1-5,9-14,22-23H,6-8,15-21H2. The van der Waals surface area contributed by atoms with E-state index in [4.69, 9.17) is 4.74 Å². The van der Waals surface area contributed by atoms with Crippen molar-refractivity contribution >= 4 is 23.3 Å². The summed E-state index contributed by atoms with van der Waals surface area (Å²) in [4.78, 5) is 21.5. The highest BCUT2D eigenvalue weighted by Crippen LogP contribution is 2.33. The third kappa shape index (κ3) is 5.69. The molecule has 5 rings (SSSR count). The summed E-state index contributed by atoms with van der Waals surface area (Å²) in [7, 11) is 0. The maximum Gasteiger partial charge on any atom is 0.150 e. The van der Waals surface area contributed by atoms with Gasteiger partial charge >= 0.3 is 0 Å². The lowest BCUT2D eigenvalue weighted by atomic mass is 10.0. The molecular formula is C28H33N3O2S. The predicted octanol–water partition coefficient (Wildman–Crippen LogP) is 5.42. The molecule has 0 spiro atoms. The van der Waals surface area contributed by atoms with Crippen molar-refractivity contribution in [1.82, 2.24) is 9.80 Å². The molecule has 0 saturated carbocycles. The number of likely N-dealkylation sites (tertiary alicyclic amines) is 1. The lowest BCUT2D eigenvalue weighted by molar-refractivity contribution is -0.113. The molecule has 2 saturated heterocycles. The average molecular weight is 476 g/mol. The van der Waals surface area contributed by atoms with Gasteiger partial charge in [0.1, 0.15) is 12.0 Å². The summed E-state index contributed by atoms with van der Waals surface area (Å²) in [5.41, 5.74) is 1.16. The highest BCUT2D eigenvalue weighted by Gasteiger charge is 2.23. The Balaban J connectivity index is 1.15. The van der Waals surface area contributed by atoms with Crippen molar-refractivity contribution in [2.45, 2.75) is 38.4 Å². The summed E-state index contributed by atoms with van der Waals surface area (Å²) < 4.78 is 6.19. The van der Waals surface area contributed by atoms with Crippen LogP contribution in [-0.4, -0.2) is 54.9 Å². The monoisotopic (exact) mass is 475 g/mol. The van der Waals surface area contributed by atoms with Gasteiger partial charge in [0.2, 0.25) is 0 Å². The zero-order valence-corrected chi connectivity index (χ0v) is 20.5. The fourth-order valence-corrected chi connectivity index (χ4v) is 6.03. The molecule has 0 aliphatic carbocycles. The first kappa shape index (κ1) is 23.1. The fourth-order valence-electron chi connectivity index (χ4n) is 4.95. The summed E-state index contributed by atoms with van der Waals surface area (Å²) in [6, 6.07) is 23.0. The van der Waals surface area contributed by atoms with Gasteiger partial charge in [-0.3, -0.25) is 9.80 Å². The van der Waals surface area contributed by atoms with E-state index >= 15 is 0 Å². The average Bonchev–Trinajstić information content (AvgIpc) is 3.32. The molecule has 2 aliphatic rings. The van der Waals surface area contributed by atoms with E-state index in [0.29, 0.717) is 0 Å². The van der Waals surface area contributed by atoms with E-state index in [1.165, 1.54) is 22.6 Å². The van der Waals surface area contributed by atoms with Crippen molar-refractivity contribution in [3.8, 4) is 11.5 Å². The van der Waals surface area contributed by atoms with E-state index in [1.54, 1.807) is 0 Å². The Morgan fingerprint density at radius 2 is 1.56 bits per heavy atom. The second-order valence-electron chi connectivity index (χ2n) is 9.18. The van der Waals surface area contributed by atoms with Crippen LogP contribution in [0.5, 0.6) is 11.5 Å². The van der Waals surface area contributed by atoms with Crippen molar-refractivity contribution in [3.63, 3.8) is 0 Å². The van der Waals surface area contributed by atoms with Crippen molar-refractivity contribution in [2.75, 3.05) is 37.6 Å². The first-order valence-electron chi connectivity index (χ1n) is 12.3. The van der Waals surface area contributed by atoms with Gasteiger partial charge in [-0.1, -0.05) is 36.8 Å². The Kier molecular flexibility index (Phi) is 7.59. The number of rotatable bonds is 8. The molecule has 0 bridgehead atoms. The second-order valence-corrected chi connectivity index (χ2v) is 10.4. The van der Waals surface area contributed by atoms with E-state index in [-0.39, 0.29) is 6.04 Å². The van der Waals surface area contributed by atoms with Gasteiger partial charge in [0.15, 0.2) is 5.75 Å². The van der Waals surface area contributed by atoms with Crippen LogP contribution in [0, 0.1) is 0 Å². The number of nitrogens with zero attached hydrogens (tertiary/aromatic N) is 3. The molecule has 0 N–H and O–H groups in total. The predicted molar refractivity (Wildman–Crippen MR) is 139 cm³/mol. The van der Waals surface area contributed by atoms with Gasteiger partial charge in [-0.25, -0.2) is 0 Å². The molecule has 0 radical (unpaired) electrons. The Bertz CT molecular complexity index is 1060. The second kappa shape index (κ2) is 11.2. The number of thiophene rings is 1. The third-order valence-electron chi connectivity index (χ3n) is 6.83. The molecule has 2 aliphatic heterocycles. The van der Waals surface area contributed by atoms with Crippen LogP contribution in [0.1, 0.15) is 29.0 Å². The molecular weight excluding hydrogens is 442 g/mol. The number of piperidine rings is 1. The van der Waals surface area contributed by atoms with Crippen molar-refractivity contribution in [2.24, 2.45) is 0 Å². The first-order valence-corrected chi connectivity index (χ1v) is 13.2. The van der Waals surface area contributed by atoms with Crippen LogP contribution >= 0.6 is 11.3 Å². The molecule has 3 heterocycles. The van der Waals surface area contributed by atoms with Crippen LogP contribution in [0.3, 0.4) is 0 Å². The van der Waals surface area contributed by atoms with Gasteiger partial charge in [0.05, 0.1) is 11.7 Å². The van der Waals surface area contributed by atoms with Crippen LogP contribution in [0.2, 0.25) is 0 Å². The Morgan fingerprint density at radius 3 is 2.35 bits per heavy atom. The van der Waals surface area contributed by atoms with E-state index in [9.17, 15) is 4.79 Å². The first-order chi connectivity index (χ1) is 16.8. The molecule has 0 amide bonds. The highest BCUT2D eigenvalue weighted by molar-refractivity contribution is 7.11. The normalized spacial score (nSPS) is 19.8. The Labute approximate surface area is 206 Å². The number of piperazine rings is 1. The lowest BCUT2D eigenvalue weighted by Gasteiger charge is -2.36. The molecule has 178 valence electrons.